The van der Waals surface area contributed by atoms with E-state index in [4.69, 9.17) is 0 Å². The monoisotopic (exact) mass is 256 g/mol. The molecule has 0 aromatic heterocycles. The van der Waals surface area contributed by atoms with Gasteiger partial charge < -0.3 is 0 Å². The van der Waals surface area contributed by atoms with E-state index in [2.05, 4.69) is 12.6 Å². The van der Waals surface area contributed by atoms with Gasteiger partial charge in [-0.2, -0.15) is 25.8 Å². The minimum atomic E-state index is -3.97. The maximum atomic E-state index is 11.8. The second kappa shape index (κ2) is 10.3. The second-order valence-corrected chi connectivity index (χ2v) is 4.72. The van der Waals surface area contributed by atoms with E-state index in [0.29, 0.717) is 6.42 Å². The molecule has 0 aliphatic carbocycles. The fraction of sp³-hybridized carbons (Fsp3) is 1.00. The summed E-state index contributed by atoms with van der Waals surface area (Å²) >= 11 is 4.13. The summed E-state index contributed by atoms with van der Waals surface area (Å²) in [6, 6.07) is 0. The van der Waals surface area contributed by atoms with Crippen LogP contribution in [0.2, 0.25) is 0 Å². The Morgan fingerprint density at radius 3 is 1.38 bits per heavy atom. The maximum Gasteiger partial charge on any atom is 0.389 e. The molecule has 0 rings (SSSR count). The average Bonchev–Trinajstić information content (AvgIpc) is 2.19. The van der Waals surface area contributed by atoms with Crippen LogP contribution in [-0.2, 0) is 0 Å². The SMILES string of the molecule is FC(F)(F)CCCCCCCCCCCS. The highest BCUT2D eigenvalue weighted by atomic mass is 32.1. The first kappa shape index (κ1) is 16.1. The third-order valence-electron chi connectivity index (χ3n) is 2.62. The minimum Gasteiger partial charge on any atom is -0.179 e. The topological polar surface area (TPSA) is 0 Å². The fourth-order valence-corrected chi connectivity index (χ4v) is 1.90. The molecule has 0 aliphatic rings. The molecule has 0 unspecified atom stereocenters. The lowest BCUT2D eigenvalue weighted by Gasteiger charge is -2.05. The van der Waals surface area contributed by atoms with Crippen LogP contribution in [-0.4, -0.2) is 11.9 Å². The molecule has 16 heavy (non-hydrogen) atoms. The lowest BCUT2D eigenvalue weighted by Crippen LogP contribution is -2.06. The predicted molar refractivity (Wildman–Crippen MR) is 66.1 cm³/mol. The van der Waals surface area contributed by atoms with Crippen LogP contribution in [0.25, 0.3) is 0 Å². The molecule has 0 spiro atoms. The molecule has 0 radical (unpaired) electrons. The Morgan fingerprint density at radius 1 is 0.625 bits per heavy atom. The van der Waals surface area contributed by atoms with Gasteiger partial charge in [0.2, 0.25) is 0 Å². The van der Waals surface area contributed by atoms with E-state index in [-0.39, 0.29) is 0 Å². The normalized spacial score (nSPS) is 12.0. The number of unbranched alkanes of at least 4 members (excludes halogenated alkanes) is 8. The van der Waals surface area contributed by atoms with Crippen LogP contribution in [0.4, 0.5) is 13.2 Å². The van der Waals surface area contributed by atoms with Gasteiger partial charge in [0.25, 0.3) is 0 Å². The molecule has 0 nitrogen and oxygen atoms in total. The van der Waals surface area contributed by atoms with Crippen LogP contribution in [0.15, 0.2) is 0 Å². The number of alkyl halides is 3. The summed E-state index contributed by atoms with van der Waals surface area (Å²) in [5, 5.41) is 0. The summed E-state index contributed by atoms with van der Waals surface area (Å²) in [5.74, 6) is 0.956. The number of thiol groups is 1. The highest BCUT2D eigenvalue weighted by Crippen LogP contribution is 2.23. The zero-order valence-electron chi connectivity index (χ0n) is 9.86. The number of rotatable bonds is 10. The zero-order valence-corrected chi connectivity index (χ0v) is 10.8. The van der Waals surface area contributed by atoms with Crippen LogP contribution in [0.5, 0.6) is 0 Å². The highest BCUT2D eigenvalue weighted by molar-refractivity contribution is 7.80. The number of halogens is 3. The van der Waals surface area contributed by atoms with Crippen molar-refractivity contribution in [1.29, 1.82) is 0 Å². The quantitative estimate of drug-likeness (QED) is 0.394. The Hall–Kier alpha value is 0.140. The van der Waals surface area contributed by atoms with Crippen molar-refractivity contribution in [2.24, 2.45) is 0 Å². The van der Waals surface area contributed by atoms with Crippen molar-refractivity contribution in [3.05, 3.63) is 0 Å². The van der Waals surface area contributed by atoms with E-state index in [9.17, 15) is 13.2 Å². The van der Waals surface area contributed by atoms with E-state index in [1.165, 1.54) is 32.1 Å². The molecule has 0 N–H and O–H groups in total. The maximum absolute atomic E-state index is 11.8. The van der Waals surface area contributed by atoms with Gasteiger partial charge in [0.15, 0.2) is 0 Å². The minimum absolute atomic E-state index is 0.295. The largest absolute Gasteiger partial charge is 0.389 e. The van der Waals surface area contributed by atoms with E-state index >= 15 is 0 Å². The van der Waals surface area contributed by atoms with Gasteiger partial charge in [-0.1, -0.05) is 44.9 Å². The van der Waals surface area contributed by atoms with Crippen molar-refractivity contribution >= 4 is 12.6 Å². The number of hydrogen-bond donors (Lipinski definition) is 1. The van der Waals surface area contributed by atoms with Crippen LogP contribution >= 0.6 is 12.6 Å². The van der Waals surface area contributed by atoms with Gasteiger partial charge in [-0.05, 0) is 18.6 Å². The summed E-state index contributed by atoms with van der Waals surface area (Å²) in [4.78, 5) is 0. The summed E-state index contributed by atoms with van der Waals surface area (Å²) in [7, 11) is 0. The molecular formula is C12H23F3S. The summed E-state index contributed by atoms with van der Waals surface area (Å²) in [6.07, 6.45) is 4.49. The van der Waals surface area contributed by atoms with Crippen LogP contribution in [0, 0.1) is 0 Å². The lowest BCUT2D eigenvalue weighted by molar-refractivity contribution is -0.135. The van der Waals surface area contributed by atoms with E-state index in [0.717, 1.165) is 25.0 Å². The van der Waals surface area contributed by atoms with E-state index in [1.54, 1.807) is 0 Å². The highest BCUT2D eigenvalue weighted by Gasteiger charge is 2.25. The lowest BCUT2D eigenvalue weighted by atomic mass is 10.1. The fourth-order valence-electron chi connectivity index (χ4n) is 1.67. The molecule has 0 aliphatic heterocycles. The first-order chi connectivity index (χ1) is 7.56. The van der Waals surface area contributed by atoms with Gasteiger partial charge in [0, 0.05) is 6.42 Å². The Morgan fingerprint density at radius 2 is 1.00 bits per heavy atom. The molecule has 0 heterocycles. The van der Waals surface area contributed by atoms with E-state index < -0.39 is 12.6 Å². The van der Waals surface area contributed by atoms with Gasteiger partial charge in [-0.3, -0.25) is 0 Å². The van der Waals surface area contributed by atoms with Crippen molar-refractivity contribution in [2.45, 2.75) is 70.4 Å². The first-order valence-corrected chi connectivity index (χ1v) is 6.87. The first-order valence-electron chi connectivity index (χ1n) is 6.24. The van der Waals surface area contributed by atoms with Crippen LogP contribution in [0.3, 0.4) is 0 Å². The van der Waals surface area contributed by atoms with Gasteiger partial charge in [-0.15, -0.1) is 0 Å². The Labute approximate surface area is 102 Å². The molecule has 4 heteroatoms. The molecule has 0 atom stereocenters. The summed E-state index contributed by atoms with van der Waals surface area (Å²) in [6.45, 7) is 0. The molecule has 0 bridgehead atoms. The summed E-state index contributed by atoms with van der Waals surface area (Å²) < 4.78 is 35.4. The molecule has 98 valence electrons. The third-order valence-corrected chi connectivity index (χ3v) is 2.93. The standard InChI is InChI=1S/C12H23F3S/c13-12(14,15)10-8-6-4-2-1-3-5-7-9-11-16/h16H,1-11H2. The Kier molecular flexibility index (Phi) is 10.4. The molecule has 0 saturated carbocycles. The van der Waals surface area contributed by atoms with Crippen molar-refractivity contribution in [3.63, 3.8) is 0 Å². The van der Waals surface area contributed by atoms with Crippen LogP contribution in [0.1, 0.15) is 64.2 Å². The molecular weight excluding hydrogens is 233 g/mol. The average molecular weight is 256 g/mol. The molecule has 0 aromatic carbocycles. The van der Waals surface area contributed by atoms with Crippen molar-refractivity contribution in [3.8, 4) is 0 Å². The summed E-state index contributed by atoms with van der Waals surface area (Å²) in [5.41, 5.74) is 0. The molecule has 0 saturated heterocycles. The molecule has 0 fully saturated rings. The second-order valence-electron chi connectivity index (χ2n) is 4.27. The van der Waals surface area contributed by atoms with Gasteiger partial charge in [0.1, 0.15) is 0 Å². The zero-order chi connectivity index (χ0) is 12.3. The van der Waals surface area contributed by atoms with Gasteiger partial charge in [-0.25, -0.2) is 0 Å². The predicted octanol–water partition coefficient (Wildman–Crippen LogP) is 5.38. The van der Waals surface area contributed by atoms with E-state index in [1.807, 2.05) is 0 Å². The number of hydrogen-bond acceptors (Lipinski definition) is 1. The van der Waals surface area contributed by atoms with Crippen molar-refractivity contribution < 1.29 is 13.2 Å². The van der Waals surface area contributed by atoms with Crippen LogP contribution < -0.4 is 0 Å². The molecule has 0 aromatic rings. The van der Waals surface area contributed by atoms with Crippen molar-refractivity contribution in [1.82, 2.24) is 0 Å². The Balaban J connectivity index is 2.99. The Bertz CT molecular complexity index is 146. The molecule has 0 amide bonds. The third kappa shape index (κ3) is 14.1. The van der Waals surface area contributed by atoms with Crippen molar-refractivity contribution in [2.75, 3.05) is 5.75 Å². The van der Waals surface area contributed by atoms with Gasteiger partial charge >= 0.3 is 6.18 Å². The van der Waals surface area contributed by atoms with Gasteiger partial charge in [0.05, 0.1) is 0 Å². The smallest absolute Gasteiger partial charge is 0.179 e.